The van der Waals surface area contributed by atoms with Crippen molar-refractivity contribution in [2.75, 3.05) is 33.3 Å². The normalized spacial score (nSPS) is 18.5. The van der Waals surface area contributed by atoms with Crippen molar-refractivity contribution in [3.05, 3.63) is 42.5 Å². The lowest BCUT2D eigenvalue weighted by Gasteiger charge is -2.36. The number of nitrogens with one attached hydrogen (secondary N) is 3. The summed E-state index contributed by atoms with van der Waals surface area (Å²) in [5.41, 5.74) is 5.64. The molecule has 0 bridgehead atoms. The molecular formula is C30H42N6O6S. The lowest BCUT2D eigenvalue weighted by atomic mass is 9.93. The van der Waals surface area contributed by atoms with E-state index in [0.717, 1.165) is 37.5 Å². The number of sulfonamides is 1. The second-order valence-electron chi connectivity index (χ2n) is 11.4. The molecule has 43 heavy (non-hydrogen) atoms. The zero-order valence-corrected chi connectivity index (χ0v) is 25.4. The van der Waals surface area contributed by atoms with Gasteiger partial charge in [0.25, 0.3) is 0 Å². The minimum Gasteiger partial charge on any atom is -0.468 e. The number of ether oxygens (including phenoxy) is 1. The molecule has 0 unspecified atom stereocenters. The van der Waals surface area contributed by atoms with Crippen molar-refractivity contribution in [2.24, 2.45) is 11.7 Å². The third-order valence-corrected chi connectivity index (χ3v) is 9.76. The van der Waals surface area contributed by atoms with E-state index in [0.29, 0.717) is 37.9 Å². The van der Waals surface area contributed by atoms with Gasteiger partial charge in [0.2, 0.25) is 21.8 Å². The van der Waals surface area contributed by atoms with Crippen LogP contribution in [0.1, 0.15) is 51.4 Å². The van der Waals surface area contributed by atoms with E-state index in [9.17, 15) is 22.8 Å². The minimum absolute atomic E-state index is 0.0156. The maximum atomic E-state index is 14.0. The number of methoxy groups -OCH3 is 1. The fraction of sp³-hybridized carbons (Fsp3) is 0.533. The highest BCUT2D eigenvalue weighted by atomic mass is 32.2. The summed E-state index contributed by atoms with van der Waals surface area (Å²) >= 11 is 0. The SMILES string of the molecule is COC(=O)CN(C(=O)[C@H](CC(=O)NC[C@@H]1CCCN(C(=N)N)C1)NS(=O)(=O)c1ccc2ccccc2c1)C1CCCCC1. The minimum atomic E-state index is -4.23. The predicted octanol–water partition coefficient (Wildman–Crippen LogP) is 1.93. The van der Waals surface area contributed by atoms with E-state index >= 15 is 0 Å². The summed E-state index contributed by atoms with van der Waals surface area (Å²) in [6.07, 6.45) is 5.34. The number of carbonyl (C=O) groups is 3. The van der Waals surface area contributed by atoms with Crippen molar-refractivity contribution in [3.63, 3.8) is 0 Å². The van der Waals surface area contributed by atoms with E-state index in [1.54, 1.807) is 23.1 Å². The van der Waals surface area contributed by atoms with Crippen LogP contribution >= 0.6 is 0 Å². The average Bonchev–Trinajstić information content (AvgIpc) is 3.02. The molecule has 0 radical (unpaired) electrons. The van der Waals surface area contributed by atoms with Gasteiger partial charge in [-0.05, 0) is 54.5 Å². The molecule has 12 nitrogen and oxygen atoms in total. The fourth-order valence-corrected chi connectivity index (χ4v) is 7.14. The summed E-state index contributed by atoms with van der Waals surface area (Å²) in [7, 11) is -3.00. The predicted molar refractivity (Wildman–Crippen MR) is 162 cm³/mol. The molecular weight excluding hydrogens is 572 g/mol. The van der Waals surface area contributed by atoms with Crippen LogP contribution in [0.15, 0.2) is 47.4 Å². The van der Waals surface area contributed by atoms with Gasteiger partial charge in [-0.2, -0.15) is 4.72 Å². The number of hydrogen-bond acceptors (Lipinski definition) is 7. The standard InChI is InChI=1S/C30H42N6O6S/c1-42-28(38)20-36(24-11-3-2-4-12-24)29(39)26(17-27(37)33-18-21-8-7-15-35(19-21)30(31)32)34-43(40,41)25-14-13-22-9-5-6-10-23(22)16-25/h5-6,9-10,13-14,16,21,24,26,34H,2-4,7-8,11-12,15,17-20H2,1H3,(H3,31,32)(H,33,37)/t21-,26-/m0/s1. The number of amides is 2. The van der Waals surface area contributed by atoms with Crippen LogP contribution in [-0.4, -0.2) is 87.3 Å². The highest BCUT2D eigenvalue weighted by Gasteiger charge is 2.36. The van der Waals surface area contributed by atoms with Gasteiger partial charge in [0, 0.05) is 25.7 Å². The van der Waals surface area contributed by atoms with Gasteiger partial charge in [0.05, 0.1) is 18.4 Å². The highest BCUT2D eigenvalue weighted by molar-refractivity contribution is 7.89. The van der Waals surface area contributed by atoms with Crippen molar-refractivity contribution in [1.82, 2.24) is 19.8 Å². The van der Waals surface area contributed by atoms with E-state index in [4.69, 9.17) is 15.9 Å². The van der Waals surface area contributed by atoms with Crippen LogP contribution in [0.3, 0.4) is 0 Å². The number of esters is 1. The summed E-state index contributed by atoms with van der Waals surface area (Å²) in [6, 6.07) is 10.3. The van der Waals surface area contributed by atoms with Gasteiger partial charge < -0.3 is 25.6 Å². The number of likely N-dealkylation sites (tertiary alicyclic amines) is 1. The Bertz CT molecular complexity index is 1430. The van der Waals surface area contributed by atoms with E-state index in [-0.39, 0.29) is 29.4 Å². The van der Waals surface area contributed by atoms with Crippen molar-refractivity contribution in [3.8, 4) is 0 Å². The van der Waals surface area contributed by atoms with Crippen LogP contribution in [0.4, 0.5) is 0 Å². The van der Waals surface area contributed by atoms with Crippen LogP contribution in [-0.2, 0) is 29.1 Å². The zero-order valence-electron chi connectivity index (χ0n) is 24.6. The molecule has 0 aromatic heterocycles. The third kappa shape index (κ3) is 8.66. The number of piperidine rings is 1. The van der Waals surface area contributed by atoms with Gasteiger partial charge in [-0.1, -0.05) is 49.6 Å². The Labute approximate surface area is 252 Å². The van der Waals surface area contributed by atoms with Gasteiger partial charge in [-0.15, -0.1) is 0 Å². The number of fused-ring (bicyclic) bond motifs is 1. The second kappa shape index (κ2) is 14.6. The quantitative estimate of drug-likeness (QED) is 0.169. The van der Waals surface area contributed by atoms with Gasteiger partial charge in [-0.3, -0.25) is 19.8 Å². The largest absolute Gasteiger partial charge is 0.468 e. The van der Waals surface area contributed by atoms with E-state index < -0.39 is 40.3 Å². The molecule has 4 rings (SSSR count). The van der Waals surface area contributed by atoms with E-state index in [1.165, 1.54) is 24.1 Å². The lowest BCUT2D eigenvalue weighted by molar-refractivity contribution is -0.150. The number of nitrogens with zero attached hydrogens (tertiary/aromatic N) is 2. The molecule has 1 aliphatic heterocycles. The number of rotatable bonds is 11. The Balaban J connectivity index is 1.56. The smallest absolute Gasteiger partial charge is 0.325 e. The number of guanidine groups is 1. The molecule has 2 aliphatic rings. The Kier molecular flexibility index (Phi) is 11.0. The van der Waals surface area contributed by atoms with Crippen LogP contribution in [0.2, 0.25) is 0 Å². The molecule has 2 atom stereocenters. The summed E-state index contributed by atoms with van der Waals surface area (Å²) in [6.45, 7) is 1.18. The van der Waals surface area contributed by atoms with Gasteiger partial charge in [0.1, 0.15) is 12.6 Å². The molecule has 0 spiro atoms. The summed E-state index contributed by atoms with van der Waals surface area (Å²) in [5, 5.41) is 12.1. The Morgan fingerprint density at radius 1 is 1.07 bits per heavy atom. The maximum absolute atomic E-state index is 14.0. The van der Waals surface area contributed by atoms with Crippen molar-refractivity contribution in [1.29, 1.82) is 5.41 Å². The lowest BCUT2D eigenvalue weighted by Crippen LogP contribution is -2.55. The molecule has 2 amide bonds. The topological polar surface area (TPSA) is 175 Å². The molecule has 234 valence electrons. The second-order valence-corrected chi connectivity index (χ2v) is 13.1. The number of benzene rings is 2. The van der Waals surface area contributed by atoms with Crippen molar-refractivity contribution >= 4 is 44.5 Å². The molecule has 1 heterocycles. The van der Waals surface area contributed by atoms with Gasteiger partial charge in [0.15, 0.2) is 5.96 Å². The molecule has 5 N–H and O–H groups in total. The Hall–Kier alpha value is -3.71. The zero-order chi connectivity index (χ0) is 31.0. The first-order valence-corrected chi connectivity index (χ1v) is 16.3. The third-order valence-electron chi connectivity index (χ3n) is 8.29. The fourth-order valence-electron chi connectivity index (χ4n) is 5.92. The van der Waals surface area contributed by atoms with Crippen LogP contribution in [0.25, 0.3) is 10.8 Å². The first-order valence-electron chi connectivity index (χ1n) is 14.8. The maximum Gasteiger partial charge on any atom is 0.325 e. The summed E-state index contributed by atoms with van der Waals surface area (Å²) < 4.78 is 34.6. The molecule has 2 aromatic rings. The van der Waals surface area contributed by atoms with Gasteiger partial charge >= 0.3 is 5.97 Å². The molecule has 1 saturated carbocycles. The van der Waals surface area contributed by atoms with E-state index in [1.807, 2.05) is 12.1 Å². The number of hydrogen-bond donors (Lipinski definition) is 4. The molecule has 13 heteroatoms. The summed E-state index contributed by atoms with van der Waals surface area (Å²) in [4.78, 5) is 42.7. The number of nitrogens with two attached hydrogens (primary N) is 1. The molecule has 2 fully saturated rings. The number of carbonyl (C=O) groups excluding carboxylic acids is 3. The van der Waals surface area contributed by atoms with Crippen molar-refractivity contribution < 1.29 is 27.5 Å². The first kappa shape index (κ1) is 32.2. The van der Waals surface area contributed by atoms with E-state index in [2.05, 4.69) is 10.0 Å². The van der Waals surface area contributed by atoms with Gasteiger partial charge in [-0.25, -0.2) is 8.42 Å². The molecule has 1 aliphatic carbocycles. The Morgan fingerprint density at radius 2 is 1.79 bits per heavy atom. The van der Waals surface area contributed by atoms with Crippen LogP contribution in [0.5, 0.6) is 0 Å². The molecule has 2 aromatic carbocycles. The Morgan fingerprint density at radius 3 is 2.49 bits per heavy atom. The average molecular weight is 615 g/mol. The monoisotopic (exact) mass is 614 g/mol. The van der Waals surface area contributed by atoms with Crippen LogP contribution < -0.4 is 15.8 Å². The highest BCUT2D eigenvalue weighted by Crippen LogP contribution is 2.25. The first-order chi connectivity index (χ1) is 20.6. The van der Waals surface area contributed by atoms with Crippen molar-refractivity contribution in [2.45, 2.75) is 68.3 Å². The summed E-state index contributed by atoms with van der Waals surface area (Å²) in [5.74, 6) is -1.72. The molecule has 1 saturated heterocycles. The van der Waals surface area contributed by atoms with Crippen LogP contribution in [0, 0.1) is 11.3 Å².